The van der Waals surface area contributed by atoms with Crippen LogP contribution in [0.25, 0.3) is 0 Å². The van der Waals surface area contributed by atoms with Gasteiger partial charge in [0.1, 0.15) is 5.75 Å². The van der Waals surface area contributed by atoms with Gasteiger partial charge in [0.15, 0.2) is 0 Å². The molecular weight excluding hydrogens is 257 g/mol. The van der Waals surface area contributed by atoms with Gasteiger partial charge in [0, 0.05) is 32.7 Å². The Bertz CT molecular complexity index is 428. The van der Waals surface area contributed by atoms with Crippen molar-refractivity contribution < 1.29 is 17.9 Å². The van der Waals surface area contributed by atoms with Crippen molar-refractivity contribution >= 4 is 0 Å². The number of ether oxygens (including phenoxy) is 1. The van der Waals surface area contributed by atoms with Crippen LogP contribution in [0.1, 0.15) is 11.1 Å². The number of alkyl halides is 3. The molecule has 1 heterocycles. The average molecular weight is 274 g/mol. The number of methoxy groups -OCH3 is 1. The van der Waals surface area contributed by atoms with E-state index in [4.69, 9.17) is 4.74 Å². The maximum atomic E-state index is 13.0. The molecule has 0 bridgehead atoms. The molecule has 1 aliphatic heterocycles. The summed E-state index contributed by atoms with van der Waals surface area (Å²) in [6.07, 6.45) is -4.35. The molecule has 0 unspecified atom stereocenters. The van der Waals surface area contributed by atoms with Gasteiger partial charge in [-0.1, -0.05) is 6.07 Å². The summed E-state index contributed by atoms with van der Waals surface area (Å²) in [7, 11) is 1.37. The monoisotopic (exact) mass is 274 g/mol. The number of rotatable bonds is 3. The fourth-order valence-corrected chi connectivity index (χ4v) is 2.19. The summed E-state index contributed by atoms with van der Waals surface area (Å²) < 4.78 is 44.0. The first kappa shape index (κ1) is 14.1. The number of nitrogens with one attached hydrogen (secondary N) is 1. The van der Waals surface area contributed by atoms with E-state index in [0.29, 0.717) is 12.1 Å². The Hall–Kier alpha value is -1.27. The molecule has 1 aliphatic rings. The summed E-state index contributed by atoms with van der Waals surface area (Å²) in [5.41, 5.74) is -0.305. The van der Waals surface area contributed by atoms with E-state index in [1.165, 1.54) is 13.2 Å². The third-order valence-electron chi connectivity index (χ3n) is 3.23. The molecule has 6 heteroatoms. The minimum absolute atomic E-state index is 0.233. The van der Waals surface area contributed by atoms with E-state index >= 15 is 0 Å². The highest BCUT2D eigenvalue weighted by Crippen LogP contribution is 2.34. The highest BCUT2D eigenvalue weighted by atomic mass is 19.4. The van der Waals surface area contributed by atoms with Crippen molar-refractivity contribution in [2.45, 2.75) is 12.7 Å². The van der Waals surface area contributed by atoms with Crippen molar-refractivity contribution in [2.75, 3.05) is 33.3 Å². The molecule has 0 amide bonds. The van der Waals surface area contributed by atoms with Crippen LogP contribution < -0.4 is 10.1 Å². The van der Waals surface area contributed by atoms with Gasteiger partial charge in [0.05, 0.1) is 12.7 Å². The Kier molecular flexibility index (Phi) is 4.31. The van der Waals surface area contributed by atoms with E-state index in [1.807, 2.05) is 4.90 Å². The van der Waals surface area contributed by atoms with Crippen LogP contribution in [0.2, 0.25) is 0 Å². The predicted molar refractivity (Wildman–Crippen MR) is 66.1 cm³/mol. The maximum Gasteiger partial charge on any atom is 0.416 e. The van der Waals surface area contributed by atoms with Crippen molar-refractivity contribution in [1.82, 2.24) is 10.2 Å². The second-order valence-corrected chi connectivity index (χ2v) is 4.55. The Balaban J connectivity index is 2.23. The number of benzene rings is 1. The summed E-state index contributed by atoms with van der Waals surface area (Å²) in [6, 6.07) is 4.15. The number of hydrogen-bond acceptors (Lipinski definition) is 3. The largest absolute Gasteiger partial charge is 0.497 e. The second-order valence-electron chi connectivity index (χ2n) is 4.55. The van der Waals surface area contributed by atoms with Crippen molar-refractivity contribution in [2.24, 2.45) is 0 Å². The van der Waals surface area contributed by atoms with E-state index < -0.39 is 11.7 Å². The van der Waals surface area contributed by atoms with Gasteiger partial charge >= 0.3 is 6.18 Å². The Morgan fingerprint density at radius 2 is 1.95 bits per heavy atom. The number of nitrogens with zero attached hydrogens (tertiary/aromatic N) is 1. The van der Waals surface area contributed by atoms with E-state index in [9.17, 15) is 13.2 Å². The molecule has 106 valence electrons. The SMILES string of the molecule is COc1ccc(CN2CCNCC2)c(C(F)(F)F)c1. The lowest BCUT2D eigenvalue weighted by Crippen LogP contribution is -2.43. The van der Waals surface area contributed by atoms with Crippen LogP contribution in [0, 0.1) is 0 Å². The van der Waals surface area contributed by atoms with Crippen LogP contribution in [-0.4, -0.2) is 38.2 Å². The molecule has 0 aliphatic carbocycles. The van der Waals surface area contributed by atoms with E-state index in [0.717, 1.165) is 32.2 Å². The molecule has 3 nitrogen and oxygen atoms in total. The molecule has 1 N–H and O–H groups in total. The van der Waals surface area contributed by atoms with Gasteiger partial charge in [-0.05, 0) is 17.7 Å². The predicted octanol–water partition coefficient (Wildman–Crippen LogP) is 2.12. The van der Waals surface area contributed by atoms with Gasteiger partial charge in [-0.25, -0.2) is 0 Å². The quantitative estimate of drug-likeness (QED) is 0.913. The van der Waals surface area contributed by atoms with E-state index in [-0.39, 0.29) is 5.75 Å². The van der Waals surface area contributed by atoms with Gasteiger partial charge in [0.25, 0.3) is 0 Å². The van der Waals surface area contributed by atoms with Gasteiger partial charge in [-0.3, -0.25) is 4.90 Å². The number of hydrogen-bond donors (Lipinski definition) is 1. The first-order valence-electron chi connectivity index (χ1n) is 6.18. The third-order valence-corrected chi connectivity index (χ3v) is 3.23. The first-order chi connectivity index (χ1) is 9.00. The Labute approximate surface area is 110 Å². The van der Waals surface area contributed by atoms with Crippen molar-refractivity contribution in [1.29, 1.82) is 0 Å². The van der Waals surface area contributed by atoms with Crippen LogP contribution >= 0.6 is 0 Å². The van der Waals surface area contributed by atoms with Gasteiger partial charge in [-0.15, -0.1) is 0 Å². The average Bonchev–Trinajstić information content (AvgIpc) is 2.39. The van der Waals surface area contributed by atoms with E-state index in [1.54, 1.807) is 6.07 Å². The molecule has 1 fully saturated rings. The van der Waals surface area contributed by atoms with Crippen LogP contribution in [0.4, 0.5) is 13.2 Å². The summed E-state index contributed by atoms with van der Waals surface area (Å²) in [4.78, 5) is 2.02. The lowest BCUT2D eigenvalue weighted by molar-refractivity contribution is -0.138. The normalized spacial score (nSPS) is 17.5. The van der Waals surface area contributed by atoms with Crippen molar-refractivity contribution in [3.63, 3.8) is 0 Å². The van der Waals surface area contributed by atoms with Gasteiger partial charge in [-0.2, -0.15) is 13.2 Å². The molecule has 0 aromatic heterocycles. The summed E-state index contributed by atoms with van der Waals surface area (Å²) in [5.74, 6) is 0.233. The molecule has 0 saturated carbocycles. The molecule has 0 spiro atoms. The fourth-order valence-electron chi connectivity index (χ4n) is 2.19. The van der Waals surface area contributed by atoms with E-state index in [2.05, 4.69) is 5.32 Å². The van der Waals surface area contributed by atoms with Crippen LogP contribution in [0.5, 0.6) is 5.75 Å². The van der Waals surface area contributed by atoms with Crippen LogP contribution in [0.15, 0.2) is 18.2 Å². The number of halogens is 3. The highest BCUT2D eigenvalue weighted by Gasteiger charge is 2.34. The maximum absolute atomic E-state index is 13.0. The zero-order chi connectivity index (χ0) is 13.9. The highest BCUT2D eigenvalue weighted by molar-refractivity contribution is 5.37. The van der Waals surface area contributed by atoms with Crippen LogP contribution in [-0.2, 0) is 12.7 Å². The molecule has 2 rings (SSSR count). The lowest BCUT2D eigenvalue weighted by Gasteiger charge is -2.28. The molecular formula is C13H17F3N2O. The summed E-state index contributed by atoms with van der Waals surface area (Å²) in [6.45, 7) is 3.49. The van der Waals surface area contributed by atoms with Crippen molar-refractivity contribution in [3.8, 4) is 5.75 Å². The smallest absolute Gasteiger partial charge is 0.416 e. The Morgan fingerprint density at radius 3 is 2.53 bits per heavy atom. The Morgan fingerprint density at radius 1 is 1.26 bits per heavy atom. The molecule has 19 heavy (non-hydrogen) atoms. The summed E-state index contributed by atoms with van der Waals surface area (Å²) >= 11 is 0. The topological polar surface area (TPSA) is 24.5 Å². The molecule has 1 saturated heterocycles. The van der Waals surface area contributed by atoms with Gasteiger partial charge in [0.2, 0.25) is 0 Å². The second kappa shape index (κ2) is 5.79. The third kappa shape index (κ3) is 3.61. The molecule has 0 atom stereocenters. The van der Waals surface area contributed by atoms with Gasteiger partial charge < -0.3 is 10.1 Å². The lowest BCUT2D eigenvalue weighted by atomic mass is 10.1. The standard InChI is InChI=1S/C13H17F3N2O/c1-19-11-3-2-10(12(8-11)13(14,15)16)9-18-6-4-17-5-7-18/h2-3,8,17H,4-7,9H2,1H3. The fraction of sp³-hybridized carbons (Fsp3) is 0.538. The summed E-state index contributed by atoms with van der Waals surface area (Å²) in [5, 5.41) is 3.18. The zero-order valence-electron chi connectivity index (χ0n) is 10.8. The molecule has 1 aromatic rings. The molecule has 0 radical (unpaired) electrons. The minimum Gasteiger partial charge on any atom is -0.497 e. The number of piperazine rings is 1. The first-order valence-corrected chi connectivity index (χ1v) is 6.18. The van der Waals surface area contributed by atoms with Crippen molar-refractivity contribution in [3.05, 3.63) is 29.3 Å². The zero-order valence-corrected chi connectivity index (χ0v) is 10.8. The molecule has 1 aromatic carbocycles. The minimum atomic E-state index is -4.35. The van der Waals surface area contributed by atoms with Crippen LogP contribution in [0.3, 0.4) is 0 Å².